The van der Waals surface area contributed by atoms with Crippen molar-refractivity contribution in [1.29, 1.82) is 0 Å². The monoisotopic (exact) mass is 322 g/mol. The summed E-state index contributed by atoms with van der Waals surface area (Å²) in [5.41, 5.74) is 3.37. The number of rotatable bonds is 7. The summed E-state index contributed by atoms with van der Waals surface area (Å²) in [7, 11) is -2.83. The zero-order valence-electron chi connectivity index (χ0n) is 15.5. The van der Waals surface area contributed by atoms with Crippen molar-refractivity contribution in [1.82, 2.24) is 4.48 Å². The van der Waals surface area contributed by atoms with Crippen molar-refractivity contribution in [2.45, 2.75) is 66.1 Å². The molecule has 0 saturated carbocycles. The maximum Gasteiger partial charge on any atom is 0.544 e. The van der Waals surface area contributed by atoms with Crippen LogP contribution in [0.5, 0.6) is 0 Å². The van der Waals surface area contributed by atoms with Crippen molar-refractivity contribution in [3.05, 3.63) is 29.3 Å². The first-order valence-corrected chi connectivity index (χ1v) is 11.8. The number of benzene rings is 1. The third-order valence-corrected chi connectivity index (χ3v) is 6.38. The third-order valence-electron chi connectivity index (χ3n) is 4.11. The number of nitrogens with zero attached hydrogens (tertiary/aromatic N) is 1. The molecule has 0 radical (unpaired) electrons. The van der Waals surface area contributed by atoms with Gasteiger partial charge in [-0.3, -0.25) is 4.32 Å². The molecule has 0 bridgehead atoms. The Hall–Kier alpha value is -0.808. The molecule has 22 heavy (non-hydrogen) atoms. The number of halogens is 1. The van der Waals surface area contributed by atoms with Gasteiger partial charge in [-0.05, 0) is 29.5 Å². The molecule has 0 aliphatic heterocycles. The summed E-state index contributed by atoms with van der Waals surface area (Å²) in [6.45, 7) is 18.0. The van der Waals surface area contributed by atoms with E-state index >= 15 is 0 Å². The minimum atomic E-state index is -1.70. The van der Waals surface area contributed by atoms with Gasteiger partial charge in [0.15, 0.2) is 0 Å². The Bertz CT molecular complexity index is 460. The molecule has 1 aromatic rings. The normalized spacial score (nSPS) is 12.4. The van der Waals surface area contributed by atoms with Crippen LogP contribution in [0.2, 0.25) is 19.6 Å². The standard InChI is InChI=1S/C17H32BFN2Si/c1-9-21(22(6,7)8)18(19)20-17-15(13(2)3)11-10-12-16(17)14(4)5/h10-14,20H,9H2,1-8H3. The van der Waals surface area contributed by atoms with Gasteiger partial charge in [-0.2, -0.15) is 0 Å². The van der Waals surface area contributed by atoms with Crippen molar-refractivity contribution >= 4 is 21.2 Å². The van der Waals surface area contributed by atoms with Gasteiger partial charge in [-0.15, -0.1) is 0 Å². The predicted molar refractivity (Wildman–Crippen MR) is 101 cm³/mol. The van der Waals surface area contributed by atoms with E-state index in [2.05, 4.69) is 70.8 Å². The number of para-hydroxylation sites is 1. The fourth-order valence-electron chi connectivity index (χ4n) is 2.89. The molecule has 124 valence electrons. The topological polar surface area (TPSA) is 15.3 Å². The quantitative estimate of drug-likeness (QED) is 0.671. The van der Waals surface area contributed by atoms with E-state index in [1.165, 1.54) is 11.1 Å². The zero-order valence-corrected chi connectivity index (χ0v) is 16.5. The molecule has 0 fully saturated rings. The molecule has 2 nitrogen and oxygen atoms in total. The molecule has 1 rings (SSSR count). The predicted octanol–water partition coefficient (Wildman–Crippen LogP) is 5.46. The lowest BCUT2D eigenvalue weighted by Crippen LogP contribution is -2.56. The van der Waals surface area contributed by atoms with Crippen LogP contribution in [-0.2, 0) is 0 Å². The van der Waals surface area contributed by atoms with E-state index in [0.717, 1.165) is 12.2 Å². The van der Waals surface area contributed by atoms with Gasteiger partial charge in [0.25, 0.3) is 0 Å². The van der Waals surface area contributed by atoms with Crippen LogP contribution in [0, 0.1) is 0 Å². The molecule has 0 aromatic heterocycles. The molecule has 0 saturated heterocycles. The Morgan fingerprint density at radius 1 is 1.09 bits per heavy atom. The molecular weight excluding hydrogens is 290 g/mol. The van der Waals surface area contributed by atoms with Crippen LogP contribution in [-0.4, -0.2) is 26.5 Å². The molecule has 1 N–H and O–H groups in total. The zero-order chi connectivity index (χ0) is 17.1. The lowest BCUT2D eigenvalue weighted by Gasteiger charge is -2.35. The Labute approximate surface area is 137 Å². The minimum Gasteiger partial charge on any atom is -0.385 e. The van der Waals surface area contributed by atoms with Crippen LogP contribution in [0.3, 0.4) is 0 Å². The van der Waals surface area contributed by atoms with E-state index in [0.29, 0.717) is 11.8 Å². The van der Waals surface area contributed by atoms with E-state index in [-0.39, 0.29) is 0 Å². The second kappa shape index (κ2) is 7.64. The molecule has 5 heteroatoms. The molecule has 1 aromatic carbocycles. The van der Waals surface area contributed by atoms with Gasteiger partial charge in [0.2, 0.25) is 0 Å². The van der Waals surface area contributed by atoms with E-state index in [1.807, 2.05) is 11.4 Å². The fourth-order valence-corrected chi connectivity index (χ4v) is 4.58. The summed E-state index contributed by atoms with van der Waals surface area (Å²) in [6, 6.07) is 6.30. The highest BCUT2D eigenvalue weighted by Gasteiger charge is 2.35. The van der Waals surface area contributed by atoms with E-state index in [1.54, 1.807) is 0 Å². The maximum atomic E-state index is 15.0. The smallest absolute Gasteiger partial charge is 0.385 e. The summed E-state index contributed by atoms with van der Waals surface area (Å²) in [4.78, 5) is 0. The number of hydrogen-bond donors (Lipinski definition) is 1. The number of hydrogen-bond acceptors (Lipinski definition) is 2. The highest BCUT2D eigenvalue weighted by molar-refractivity contribution is 6.82. The Balaban J connectivity index is 3.20. The minimum absolute atomic E-state index is 0.371. The van der Waals surface area contributed by atoms with Gasteiger partial charge in [-0.25, -0.2) is 0 Å². The van der Waals surface area contributed by atoms with Crippen LogP contribution in [0.1, 0.15) is 57.6 Å². The second-order valence-electron chi connectivity index (χ2n) is 7.56. The van der Waals surface area contributed by atoms with Crippen LogP contribution in [0.15, 0.2) is 18.2 Å². The molecule has 0 unspecified atom stereocenters. The van der Waals surface area contributed by atoms with Gasteiger partial charge in [0, 0.05) is 5.69 Å². The third kappa shape index (κ3) is 4.59. The van der Waals surface area contributed by atoms with Crippen molar-refractivity contribution in [2.75, 3.05) is 11.8 Å². The van der Waals surface area contributed by atoms with E-state index in [9.17, 15) is 4.32 Å². The number of anilines is 1. The first-order valence-electron chi connectivity index (χ1n) is 8.39. The van der Waals surface area contributed by atoms with Crippen LogP contribution in [0.4, 0.5) is 10.0 Å². The summed E-state index contributed by atoms with van der Waals surface area (Å²) in [6.07, 6.45) is 0. The molecule has 0 heterocycles. The lowest BCUT2D eigenvalue weighted by atomic mass is 9.90. The fraction of sp³-hybridized carbons (Fsp3) is 0.647. The van der Waals surface area contributed by atoms with E-state index in [4.69, 9.17) is 0 Å². The Morgan fingerprint density at radius 3 is 1.86 bits per heavy atom. The summed E-state index contributed by atoms with van der Waals surface area (Å²) < 4.78 is 17.0. The van der Waals surface area contributed by atoms with E-state index < -0.39 is 15.5 Å². The van der Waals surface area contributed by atoms with Crippen molar-refractivity contribution in [2.24, 2.45) is 0 Å². The highest BCUT2D eigenvalue weighted by atomic mass is 28.3. The first kappa shape index (κ1) is 19.2. The van der Waals surface area contributed by atoms with Crippen molar-refractivity contribution in [3.63, 3.8) is 0 Å². The SMILES string of the molecule is CCN(B(F)Nc1c(C(C)C)cccc1C(C)C)[Si](C)(C)C. The largest absolute Gasteiger partial charge is 0.544 e. The molecule has 0 amide bonds. The maximum absolute atomic E-state index is 15.0. The molecule has 0 atom stereocenters. The summed E-state index contributed by atoms with van der Waals surface area (Å²) >= 11 is 0. The van der Waals surface area contributed by atoms with Crippen molar-refractivity contribution in [3.8, 4) is 0 Å². The average molecular weight is 322 g/mol. The van der Waals surface area contributed by atoms with Crippen molar-refractivity contribution < 1.29 is 4.32 Å². The molecule has 0 aliphatic rings. The Kier molecular flexibility index (Phi) is 6.68. The van der Waals surface area contributed by atoms with Crippen LogP contribution >= 0.6 is 0 Å². The van der Waals surface area contributed by atoms with Gasteiger partial charge in [-0.1, -0.05) is 72.5 Å². The Morgan fingerprint density at radius 2 is 1.55 bits per heavy atom. The second-order valence-corrected chi connectivity index (χ2v) is 12.5. The molecule has 0 aliphatic carbocycles. The summed E-state index contributed by atoms with van der Waals surface area (Å²) in [5, 5.41) is 3.19. The van der Waals surface area contributed by atoms with Gasteiger partial charge < -0.3 is 9.70 Å². The van der Waals surface area contributed by atoms with Crippen LogP contribution in [0.25, 0.3) is 0 Å². The highest BCUT2D eigenvalue weighted by Crippen LogP contribution is 2.33. The average Bonchev–Trinajstić information content (AvgIpc) is 2.37. The lowest BCUT2D eigenvalue weighted by molar-refractivity contribution is 0.594. The van der Waals surface area contributed by atoms with Gasteiger partial charge >= 0.3 is 7.26 Å². The first-order chi connectivity index (χ1) is 10.1. The van der Waals surface area contributed by atoms with Gasteiger partial charge in [0.1, 0.15) is 8.24 Å². The number of nitrogens with one attached hydrogen (secondary N) is 1. The van der Waals surface area contributed by atoms with Crippen LogP contribution < -0.4 is 5.23 Å². The molecule has 0 spiro atoms. The van der Waals surface area contributed by atoms with Gasteiger partial charge in [0.05, 0.1) is 0 Å². The summed E-state index contributed by atoms with van der Waals surface area (Å²) in [5.74, 6) is 0.741. The molecular formula is C17H32BFN2Si.